The molecule has 1 aliphatic heterocycles. The molecule has 21 heavy (non-hydrogen) atoms. The van der Waals surface area contributed by atoms with Gasteiger partial charge in [-0.25, -0.2) is 0 Å². The van der Waals surface area contributed by atoms with Crippen LogP contribution < -0.4 is 5.32 Å². The molecule has 3 nitrogen and oxygen atoms in total. The molecule has 1 fully saturated rings. The molecular weight excluding hydrogens is 258 g/mol. The topological polar surface area (TPSA) is 18.5 Å². The molecule has 1 heterocycles. The maximum Gasteiger partial charge on any atom is 0.0473 e. The van der Waals surface area contributed by atoms with Gasteiger partial charge in [0.1, 0.15) is 0 Å². The predicted octanol–water partition coefficient (Wildman–Crippen LogP) is 2.75. The van der Waals surface area contributed by atoms with Gasteiger partial charge in [-0.3, -0.25) is 9.80 Å². The molecule has 0 aromatic heterocycles. The molecule has 0 spiro atoms. The smallest absolute Gasteiger partial charge is 0.0473 e. The summed E-state index contributed by atoms with van der Waals surface area (Å²) in [5.41, 5.74) is 1.44. The fourth-order valence-electron chi connectivity index (χ4n) is 3.25. The van der Waals surface area contributed by atoms with Gasteiger partial charge in [-0.1, -0.05) is 37.3 Å². The molecule has 3 heteroatoms. The van der Waals surface area contributed by atoms with Gasteiger partial charge in [0, 0.05) is 37.8 Å². The number of benzene rings is 1. The molecule has 118 valence electrons. The van der Waals surface area contributed by atoms with Crippen LogP contribution in [0.25, 0.3) is 0 Å². The molecule has 1 N–H and O–H groups in total. The average Bonchev–Trinajstić information content (AvgIpc) is 2.50. The lowest BCUT2D eigenvalue weighted by Crippen LogP contribution is -2.56. The summed E-state index contributed by atoms with van der Waals surface area (Å²) in [4.78, 5) is 5.16. The molecule has 2 rings (SSSR count). The van der Waals surface area contributed by atoms with Gasteiger partial charge in [0.25, 0.3) is 0 Å². The van der Waals surface area contributed by atoms with Crippen LogP contribution in [0.2, 0.25) is 0 Å². The second-order valence-corrected chi connectivity index (χ2v) is 6.45. The molecule has 0 amide bonds. The Morgan fingerprint density at radius 2 is 1.76 bits per heavy atom. The van der Waals surface area contributed by atoms with E-state index >= 15 is 0 Å². The summed E-state index contributed by atoms with van der Waals surface area (Å²) in [6.45, 7) is 11.3. The SMILES string of the molecule is CCCNCC(c1ccccc1)N1CC(C)N(C)C(C)C1. The molecule has 3 unspecified atom stereocenters. The van der Waals surface area contributed by atoms with E-state index in [4.69, 9.17) is 0 Å². The van der Waals surface area contributed by atoms with Crippen LogP contribution in [0.3, 0.4) is 0 Å². The summed E-state index contributed by atoms with van der Waals surface area (Å²) in [6, 6.07) is 12.7. The van der Waals surface area contributed by atoms with Gasteiger partial charge >= 0.3 is 0 Å². The van der Waals surface area contributed by atoms with Gasteiger partial charge in [-0.2, -0.15) is 0 Å². The van der Waals surface area contributed by atoms with Crippen molar-refractivity contribution in [3.05, 3.63) is 35.9 Å². The summed E-state index contributed by atoms with van der Waals surface area (Å²) < 4.78 is 0. The molecule has 1 aromatic rings. The van der Waals surface area contributed by atoms with Crippen LogP contribution in [0.1, 0.15) is 38.8 Å². The Bertz CT molecular complexity index is 394. The number of nitrogens with zero attached hydrogens (tertiary/aromatic N) is 2. The van der Waals surface area contributed by atoms with E-state index in [-0.39, 0.29) is 0 Å². The highest BCUT2D eigenvalue weighted by molar-refractivity contribution is 5.20. The highest BCUT2D eigenvalue weighted by Crippen LogP contribution is 2.25. The summed E-state index contributed by atoms with van der Waals surface area (Å²) in [5.74, 6) is 0. The minimum absolute atomic E-state index is 0.483. The van der Waals surface area contributed by atoms with E-state index in [1.807, 2.05) is 0 Å². The number of likely N-dealkylation sites (N-methyl/N-ethyl adjacent to an activating group) is 1. The standard InChI is InChI=1S/C18H31N3/c1-5-11-19-12-18(17-9-7-6-8-10-17)21-13-15(2)20(4)16(3)14-21/h6-10,15-16,18-19H,5,11-14H2,1-4H3. The largest absolute Gasteiger partial charge is 0.315 e. The monoisotopic (exact) mass is 289 g/mol. The van der Waals surface area contributed by atoms with Crippen LogP contribution in [-0.4, -0.2) is 55.1 Å². The Labute approximate surface area is 130 Å². The Morgan fingerprint density at radius 1 is 1.14 bits per heavy atom. The normalized spacial score (nSPS) is 25.9. The van der Waals surface area contributed by atoms with Gasteiger partial charge in [-0.05, 0) is 39.4 Å². The Morgan fingerprint density at radius 3 is 2.33 bits per heavy atom. The van der Waals surface area contributed by atoms with Crippen molar-refractivity contribution in [3.63, 3.8) is 0 Å². The first-order valence-corrected chi connectivity index (χ1v) is 8.35. The molecule has 0 radical (unpaired) electrons. The van der Waals surface area contributed by atoms with E-state index in [2.05, 4.69) is 73.3 Å². The molecule has 1 saturated heterocycles. The van der Waals surface area contributed by atoms with Crippen molar-refractivity contribution in [2.24, 2.45) is 0 Å². The van der Waals surface area contributed by atoms with Crippen molar-refractivity contribution in [1.82, 2.24) is 15.1 Å². The maximum absolute atomic E-state index is 3.62. The first-order chi connectivity index (χ1) is 10.1. The van der Waals surface area contributed by atoms with Gasteiger partial charge in [-0.15, -0.1) is 0 Å². The third kappa shape index (κ3) is 4.29. The van der Waals surface area contributed by atoms with Crippen molar-refractivity contribution in [3.8, 4) is 0 Å². The minimum Gasteiger partial charge on any atom is -0.315 e. The first-order valence-electron chi connectivity index (χ1n) is 8.35. The quantitative estimate of drug-likeness (QED) is 0.812. The Kier molecular flexibility index (Phi) is 6.22. The lowest BCUT2D eigenvalue weighted by atomic mass is 10.0. The van der Waals surface area contributed by atoms with E-state index in [9.17, 15) is 0 Å². The molecule has 0 bridgehead atoms. The summed E-state index contributed by atoms with van der Waals surface area (Å²) in [7, 11) is 2.25. The van der Waals surface area contributed by atoms with E-state index in [0.717, 1.165) is 26.2 Å². The van der Waals surface area contributed by atoms with Crippen LogP contribution in [0.4, 0.5) is 0 Å². The fraction of sp³-hybridized carbons (Fsp3) is 0.667. The molecule has 0 saturated carbocycles. The van der Waals surface area contributed by atoms with Crippen molar-refractivity contribution in [2.75, 3.05) is 33.2 Å². The van der Waals surface area contributed by atoms with Crippen LogP contribution in [0, 0.1) is 0 Å². The van der Waals surface area contributed by atoms with Gasteiger partial charge in [0.2, 0.25) is 0 Å². The number of nitrogens with one attached hydrogen (secondary N) is 1. The highest BCUT2D eigenvalue weighted by atomic mass is 15.3. The van der Waals surface area contributed by atoms with Gasteiger partial charge in [0.05, 0.1) is 0 Å². The zero-order valence-corrected chi connectivity index (χ0v) is 14.0. The van der Waals surface area contributed by atoms with Gasteiger partial charge < -0.3 is 5.32 Å². The zero-order valence-electron chi connectivity index (χ0n) is 14.0. The minimum atomic E-state index is 0.483. The Hall–Kier alpha value is -0.900. The van der Waals surface area contributed by atoms with Crippen molar-refractivity contribution in [1.29, 1.82) is 0 Å². The van der Waals surface area contributed by atoms with E-state index in [1.54, 1.807) is 0 Å². The third-order valence-electron chi connectivity index (χ3n) is 4.78. The van der Waals surface area contributed by atoms with E-state index < -0.39 is 0 Å². The summed E-state index contributed by atoms with van der Waals surface area (Å²) in [5, 5.41) is 3.62. The van der Waals surface area contributed by atoms with E-state index in [0.29, 0.717) is 18.1 Å². The van der Waals surface area contributed by atoms with E-state index in [1.165, 1.54) is 12.0 Å². The molecule has 1 aromatic carbocycles. The third-order valence-corrected chi connectivity index (χ3v) is 4.78. The van der Waals surface area contributed by atoms with Crippen molar-refractivity contribution < 1.29 is 0 Å². The van der Waals surface area contributed by atoms with Crippen molar-refractivity contribution >= 4 is 0 Å². The number of hydrogen-bond acceptors (Lipinski definition) is 3. The first kappa shape index (κ1) is 16.5. The predicted molar refractivity (Wildman–Crippen MR) is 90.6 cm³/mol. The second-order valence-electron chi connectivity index (χ2n) is 6.45. The zero-order chi connectivity index (χ0) is 15.2. The van der Waals surface area contributed by atoms with Crippen LogP contribution in [-0.2, 0) is 0 Å². The maximum atomic E-state index is 3.62. The second kappa shape index (κ2) is 7.92. The average molecular weight is 289 g/mol. The lowest BCUT2D eigenvalue weighted by molar-refractivity contribution is 0.0330. The molecule has 1 aliphatic rings. The summed E-state index contributed by atoms with van der Waals surface area (Å²) in [6.07, 6.45) is 1.19. The number of rotatable bonds is 6. The highest BCUT2D eigenvalue weighted by Gasteiger charge is 2.31. The number of hydrogen-bond donors (Lipinski definition) is 1. The molecular formula is C18H31N3. The fourth-order valence-corrected chi connectivity index (χ4v) is 3.25. The van der Waals surface area contributed by atoms with Gasteiger partial charge in [0.15, 0.2) is 0 Å². The Balaban J connectivity index is 2.11. The van der Waals surface area contributed by atoms with Crippen LogP contribution >= 0.6 is 0 Å². The van der Waals surface area contributed by atoms with Crippen LogP contribution in [0.5, 0.6) is 0 Å². The molecule has 0 aliphatic carbocycles. The lowest BCUT2D eigenvalue weighted by Gasteiger charge is -2.45. The van der Waals surface area contributed by atoms with Crippen molar-refractivity contribution in [2.45, 2.75) is 45.3 Å². The van der Waals surface area contributed by atoms with Crippen LogP contribution in [0.15, 0.2) is 30.3 Å². The summed E-state index contributed by atoms with van der Waals surface area (Å²) >= 11 is 0. The molecule has 3 atom stereocenters. The number of piperazine rings is 1.